The average molecular weight is 284 g/mol. The maximum atomic E-state index is 12.7. The Morgan fingerprint density at radius 1 is 1.26 bits per heavy atom. The summed E-state index contributed by atoms with van der Waals surface area (Å²) >= 11 is 0. The van der Waals surface area contributed by atoms with E-state index in [2.05, 4.69) is 19.2 Å². The first-order valence-corrected chi connectivity index (χ1v) is 8.18. The summed E-state index contributed by atoms with van der Waals surface area (Å²) in [5.41, 5.74) is 0.644. The molecule has 0 bridgehead atoms. The zero-order chi connectivity index (χ0) is 14.5. The third-order valence-electron chi connectivity index (χ3n) is 3.34. The monoisotopic (exact) mass is 284 g/mol. The molecule has 0 fully saturated rings. The van der Waals surface area contributed by atoms with Crippen LogP contribution in [0.2, 0.25) is 0 Å². The van der Waals surface area contributed by atoms with Crippen LogP contribution < -0.4 is 5.32 Å². The molecule has 1 unspecified atom stereocenters. The van der Waals surface area contributed by atoms with Crippen molar-refractivity contribution in [2.24, 2.45) is 5.92 Å². The van der Waals surface area contributed by atoms with Crippen molar-refractivity contribution in [2.45, 2.75) is 32.1 Å². The zero-order valence-corrected chi connectivity index (χ0v) is 13.0. The summed E-state index contributed by atoms with van der Waals surface area (Å²) in [5, 5.41) is 2.94. The Balaban J connectivity index is 3.13. The van der Waals surface area contributed by atoms with Gasteiger partial charge in [-0.2, -0.15) is 4.31 Å². The van der Waals surface area contributed by atoms with Crippen molar-refractivity contribution in [3.8, 4) is 0 Å². The van der Waals surface area contributed by atoms with Crippen molar-refractivity contribution in [3.05, 3.63) is 24.3 Å². The number of anilines is 1. The van der Waals surface area contributed by atoms with Crippen molar-refractivity contribution in [1.82, 2.24) is 4.31 Å². The van der Waals surface area contributed by atoms with Crippen molar-refractivity contribution in [3.63, 3.8) is 0 Å². The van der Waals surface area contributed by atoms with Gasteiger partial charge in [0.1, 0.15) is 4.90 Å². The topological polar surface area (TPSA) is 49.4 Å². The molecule has 0 radical (unpaired) electrons. The Bertz CT molecular complexity index is 500. The molecular formula is C14H24N2O2S. The van der Waals surface area contributed by atoms with E-state index in [0.29, 0.717) is 29.6 Å². The first-order chi connectivity index (χ1) is 8.97. The molecule has 1 N–H and O–H groups in total. The predicted octanol–water partition coefficient (Wildman–Crippen LogP) is 2.79. The molecule has 0 saturated carbocycles. The van der Waals surface area contributed by atoms with Gasteiger partial charge in [0.2, 0.25) is 10.0 Å². The number of rotatable bonds is 7. The second-order valence-electron chi connectivity index (χ2n) is 4.72. The van der Waals surface area contributed by atoms with Crippen LogP contribution >= 0.6 is 0 Å². The fourth-order valence-corrected chi connectivity index (χ4v) is 3.68. The highest BCUT2D eigenvalue weighted by atomic mass is 32.2. The van der Waals surface area contributed by atoms with Crippen LogP contribution in [0, 0.1) is 5.92 Å². The lowest BCUT2D eigenvalue weighted by atomic mass is 10.1. The lowest BCUT2D eigenvalue weighted by Gasteiger charge is -2.24. The fraction of sp³-hybridized carbons (Fsp3) is 0.571. The van der Waals surface area contributed by atoms with Gasteiger partial charge < -0.3 is 5.32 Å². The second-order valence-corrected chi connectivity index (χ2v) is 6.62. The number of hydrogen-bond acceptors (Lipinski definition) is 3. The first kappa shape index (κ1) is 16.0. The lowest BCUT2D eigenvalue weighted by molar-refractivity contribution is 0.362. The van der Waals surface area contributed by atoms with Gasteiger partial charge >= 0.3 is 0 Å². The third kappa shape index (κ3) is 3.70. The van der Waals surface area contributed by atoms with Crippen LogP contribution in [0.25, 0.3) is 0 Å². The Morgan fingerprint density at radius 2 is 1.89 bits per heavy atom. The Kier molecular flexibility index (Phi) is 5.82. The molecule has 19 heavy (non-hydrogen) atoms. The van der Waals surface area contributed by atoms with E-state index in [0.717, 1.165) is 6.42 Å². The van der Waals surface area contributed by atoms with Crippen LogP contribution in [0.4, 0.5) is 5.69 Å². The molecule has 1 aromatic carbocycles. The molecule has 0 aliphatic heterocycles. The van der Waals surface area contributed by atoms with Gasteiger partial charge in [0.15, 0.2) is 0 Å². The van der Waals surface area contributed by atoms with Gasteiger partial charge in [0.05, 0.1) is 5.69 Å². The molecule has 108 valence electrons. The zero-order valence-electron chi connectivity index (χ0n) is 12.2. The minimum absolute atomic E-state index is 0.350. The number of hydrogen-bond donors (Lipinski definition) is 1. The first-order valence-electron chi connectivity index (χ1n) is 6.74. The van der Waals surface area contributed by atoms with Crippen molar-refractivity contribution < 1.29 is 8.42 Å². The molecule has 4 nitrogen and oxygen atoms in total. The van der Waals surface area contributed by atoms with Gasteiger partial charge in [-0.15, -0.1) is 0 Å². The highest BCUT2D eigenvalue weighted by Gasteiger charge is 2.26. The molecule has 5 heteroatoms. The van der Waals surface area contributed by atoms with Gasteiger partial charge in [-0.25, -0.2) is 8.42 Å². The maximum Gasteiger partial charge on any atom is 0.245 e. The predicted molar refractivity (Wildman–Crippen MR) is 79.9 cm³/mol. The largest absolute Gasteiger partial charge is 0.387 e. The van der Waals surface area contributed by atoms with Crippen LogP contribution in [0.5, 0.6) is 0 Å². The second kappa shape index (κ2) is 6.91. The summed E-state index contributed by atoms with van der Waals surface area (Å²) in [6.07, 6.45) is 0.972. The summed E-state index contributed by atoms with van der Waals surface area (Å²) in [6, 6.07) is 7.02. The highest BCUT2D eigenvalue weighted by molar-refractivity contribution is 7.89. The number of nitrogens with one attached hydrogen (secondary N) is 1. The molecule has 0 saturated heterocycles. The molecule has 0 amide bonds. The molecular weight excluding hydrogens is 260 g/mol. The van der Waals surface area contributed by atoms with Crippen molar-refractivity contribution >= 4 is 15.7 Å². The number of para-hydroxylation sites is 1. The number of benzene rings is 1. The number of sulfonamides is 1. The fourth-order valence-electron chi connectivity index (χ4n) is 1.91. The summed E-state index contributed by atoms with van der Waals surface area (Å²) < 4.78 is 26.9. The van der Waals surface area contributed by atoms with Crippen molar-refractivity contribution in [1.29, 1.82) is 0 Å². The smallest absolute Gasteiger partial charge is 0.245 e. The van der Waals surface area contributed by atoms with Gasteiger partial charge in [-0.05, 0) is 18.1 Å². The van der Waals surface area contributed by atoms with Gasteiger partial charge in [-0.3, -0.25) is 0 Å². The molecule has 1 rings (SSSR count). The van der Waals surface area contributed by atoms with E-state index in [1.807, 2.05) is 13.0 Å². The summed E-state index contributed by atoms with van der Waals surface area (Å²) in [6.45, 7) is 7.08. The van der Waals surface area contributed by atoms with Crippen LogP contribution in [0.3, 0.4) is 0 Å². The van der Waals surface area contributed by atoms with E-state index in [4.69, 9.17) is 0 Å². The summed E-state index contributed by atoms with van der Waals surface area (Å²) in [5.74, 6) is 0.358. The highest BCUT2D eigenvalue weighted by Crippen LogP contribution is 2.24. The molecule has 0 aliphatic carbocycles. The van der Waals surface area contributed by atoms with E-state index in [9.17, 15) is 8.42 Å². The van der Waals surface area contributed by atoms with E-state index in [1.54, 1.807) is 29.6 Å². The molecule has 1 atom stereocenters. The average Bonchev–Trinajstić information content (AvgIpc) is 2.43. The third-order valence-corrected chi connectivity index (χ3v) is 5.34. The van der Waals surface area contributed by atoms with Crippen molar-refractivity contribution in [2.75, 3.05) is 25.5 Å². The van der Waals surface area contributed by atoms with E-state index in [-0.39, 0.29) is 0 Å². The molecule has 1 aromatic rings. The van der Waals surface area contributed by atoms with E-state index in [1.165, 1.54) is 0 Å². The summed E-state index contributed by atoms with van der Waals surface area (Å²) in [7, 11) is -1.69. The maximum absolute atomic E-state index is 12.7. The number of nitrogens with zero attached hydrogens (tertiary/aromatic N) is 1. The minimum Gasteiger partial charge on any atom is -0.387 e. The van der Waals surface area contributed by atoms with Crippen LogP contribution in [0.1, 0.15) is 27.2 Å². The quantitative estimate of drug-likeness (QED) is 0.837. The molecule has 0 heterocycles. The van der Waals surface area contributed by atoms with Crippen LogP contribution in [-0.2, 0) is 10.0 Å². The lowest BCUT2D eigenvalue weighted by Crippen LogP contribution is -2.34. The van der Waals surface area contributed by atoms with E-state index < -0.39 is 10.0 Å². The normalized spacial score (nSPS) is 13.5. The minimum atomic E-state index is -3.43. The Labute approximate surface area is 116 Å². The van der Waals surface area contributed by atoms with Crippen LogP contribution in [-0.4, -0.2) is 32.9 Å². The van der Waals surface area contributed by atoms with Gasteiger partial charge in [0, 0.05) is 20.1 Å². The summed E-state index contributed by atoms with van der Waals surface area (Å²) in [4.78, 5) is 0.350. The molecule has 0 aromatic heterocycles. The van der Waals surface area contributed by atoms with Crippen LogP contribution in [0.15, 0.2) is 29.2 Å². The van der Waals surface area contributed by atoms with E-state index >= 15 is 0 Å². The Morgan fingerprint density at radius 3 is 2.42 bits per heavy atom. The molecule has 0 spiro atoms. The Hall–Kier alpha value is -1.07. The van der Waals surface area contributed by atoms with Gasteiger partial charge in [0.25, 0.3) is 0 Å². The standard InChI is InChI=1S/C14H24N2O2S/c1-5-12(3)11-16(6-2)19(17,18)14-10-8-7-9-13(14)15-4/h7-10,12,15H,5-6,11H2,1-4H3. The SMILES string of the molecule is CCC(C)CN(CC)S(=O)(=O)c1ccccc1NC. The van der Waals surface area contributed by atoms with Gasteiger partial charge in [-0.1, -0.05) is 39.3 Å². The molecule has 0 aliphatic rings.